The minimum atomic E-state index is -4.41. The van der Waals surface area contributed by atoms with E-state index in [0.29, 0.717) is 11.1 Å². The quantitative estimate of drug-likeness (QED) is 0.533. The molecule has 0 saturated heterocycles. The molecule has 0 atom stereocenters. The second kappa shape index (κ2) is 5.58. The highest BCUT2D eigenvalue weighted by molar-refractivity contribution is 6.07. The predicted octanol–water partition coefficient (Wildman–Crippen LogP) is 5.36. The second-order valence-corrected chi connectivity index (χ2v) is 5.88. The number of nitrogens with one attached hydrogen (secondary N) is 1. The third-order valence-electron chi connectivity index (χ3n) is 4.34. The maximum Gasteiger partial charge on any atom is 0.418 e. The first-order valence-electron chi connectivity index (χ1n) is 7.89. The van der Waals surface area contributed by atoms with Gasteiger partial charge in [-0.15, -0.1) is 0 Å². The van der Waals surface area contributed by atoms with Gasteiger partial charge in [0.1, 0.15) is 0 Å². The fraction of sp³-hybridized carbons (Fsp3) is 0.158. The Morgan fingerprint density at radius 1 is 0.960 bits per heavy atom. The van der Waals surface area contributed by atoms with E-state index in [2.05, 4.69) is 15.0 Å². The fourth-order valence-electron chi connectivity index (χ4n) is 3.10. The largest absolute Gasteiger partial charge is 0.418 e. The molecule has 0 amide bonds. The SMILES string of the molecule is CCc1ncc(-c2ccc3c(c2)[nH]c2ccncc23)cc1C(F)(F)F. The maximum atomic E-state index is 13.3. The van der Waals surface area contributed by atoms with Crippen molar-refractivity contribution < 1.29 is 13.2 Å². The molecule has 0 aliphatic carbocycles. The molecule has 0 fully saturated rings. The smallest absolute Gasteiger partial charge is 0.354 e. The van der Waals surface area contributed by atoms with Crippen molar-refractivity contribution >= 4 is 21.8 Å². The molecule has 0 saturated carbocycles. The summed E-state index contributed by atoms with van der Waals surface area (Å²) in [6, 6.07) is 8.60. The first kappa shape index (κ1) is 15.6. The Bertz CT molecular complexity index is 1080. The van der Waals surface area contributed by atoms with Gasteiger partial charge >= 0.3 is 6.18 Å². The van der Waals surface area contributed by atoms with E-state index < -0.39 is 11.7 Å². The zero-order chi connectivity index (χ0) is 17.6. The lowest BCUT2D eigenvalue weighted by atomic mass is 10.0. The molecule has 4 aromatic rings. The molecule has 6 heteroatoms. The Balaban J connectivity index is 1.88. The summed E-state index contributed by atoms with van der Waals surface area (Å²) in [4.78, 5) is 11.4. The third-order valence-corrected chi connectivity index (χ3v) is 4.34. The van der Waals surface area contributed by atoms with E-state index in [1.165, 1.54) is 12.3 Å². The van der Waals surface area contributed by atoms with E-state index in [-0.39, 0.29) is 12.1 Å². The van der Waals surface area contributed by atoms with Crippen molar-refractivity contribution in [2.75, 3.05) is 0 Å². The van der Waals surface area contributed by atoms with Crippen molar-refractivity contribution in [3.63, 3.8) is 0 Å². The Morgan fingerprint density at radius 2 is 1.80 bits per heavy atom. The van der Waals surface area contributed by atoms with Crippen LogP contribution in [0.15, 0.2) is 48.9 Å². The van der Waals surface area contributed by atoms with Gasteiger partial charge in [-0.05, 0) is 30.2 Å². The van der Waals surface area contributed by atoms with Gasteiger partial charge in [-0.25, -0.2) is 0 Å². The molecule has 126 valence electrons. The Kier molecular flexibility index (Phi) is 3.49. The monoisotopic (exact) mass is 341 g/mol. The van der Waals surface area contributed by atoms with Crippen molar-refractivity contribution in [3.8, 4) is 11.1 Å². The highest BCUT2D eigenvalue weighted by Crippen LogP contribution is 2.35. The number of H-pyrrole nitrogens is 1. The van der Waals surface area contributed by atoms with Crippen molar-refractivity contribution in [1.29, 1.82) is 0 Å². The normalized spacial score (nSPS) is 12.2. The number of alkyl halides is 3. The van der Waals surface area contributed by atoms with Crippen LogP contribution < -0.4 is 0 Å². The highest BCUT2D eigenvalue weighted by Gasteiger charge is 2.34. The number of fused-ring (bicyclic) bond motifs is 3. The van der Waals surface area contributed by atoms with E-state index in [0.717, 1.165) is 21.8 Å². The molecule has 0 aliphatic heterocycles. The van der Waals surface area contributed by atoms with Crippen LogP contribution in [0.5, 0.6) is 0 Å². The molecule has 0 bridgehead atoms. The summed E-state index contributed by atoms with van der Waals surface area (Å²) in [6.45, 7) is 1.67. The van der Waals surface area contributed by atoms with Crippen molar-refractivity contribution in [3.05, 3.63) is 60.2 Å². The lowest BCUT2D eigenvalue weighted by Gasteiger charge is -2.13. The number of benzene rings is 1. The van der Waals surface area contributed by atoms with Crippen LogP contribution in [0.2, 0.25) is 0 Å². The van der Waals surface area contributed by atoms with Gasteiger partial charge < -0.3 is 4.98 Å². The zero-order valence-corrected chi connectivity index (χ0v) is 13.4. The standard InChI is InChI=1S/C19H14F3N3/c1-2-16-15(19(20,21)22)7-12(9-24-16)11-3-4-13-14-10-23-6-5-17(14)25-18(13)8-11/h3-10,25H,2H2,1H3. The van der Waals surface area contributed by atoms with Crippen LogP contribution >= 0.6 is 0 Å². The van der Waals surface area contributed by atoms with Gasteiger partial charge in [0, 0.05) is 46.0 Å². The average molecular weight is 341 g/mol. The van der Waals surface area contributed by atoms with E-state index in [9.17, 15) is 13.2 Å². The molecule has 1 aromatic carbocycles. The van der Waals surface area contributed by atoms with Crippen LogP contribution in [0.3, 0.4) is 0 Å². The number of hydrogen-bond acceptors (Lipinski definition) is 2. The van der Waals surface area contributed by atoms with Gasteiger partial charge in [0.2, 0.25) is 0 Å². The van der Waals surface area contributed by atoms with Gasteiger partial charge in [-0.3, -0.25) is 9.97 Å². The molecular formula is C19H14F3N3. The number of aryl methyl sites for hydroxylation is 1. The van der Waals surface area contributed by atoms with Gasteiger partial charge in [0.15, 0.2) is 0 Å². The van der Waals surface area contributed by atoms with Crippen LogP contribution in [0.25, 0.3) is 32.9 Å². The minimum absolute atomic E-state index is 0.0639. The molecule has 0 aliphatic rings. The number of nitrogens with zero attached hydrogens (tertiary/aromatic N) is 2. The van der Waals surface area contributed by atoms with Gasteiger partial charge in [-0.1, -0.05) is 19.1 Å². The lowest BCUT2D eigenvalue weighted by Crippen LogP contribution is -2.10. The topological polar surface area (TPSA) is 41.6 Å². The number of halogens is 3. The molecule has 1 N–H and O–H groups in total. The van der Waals surface area contributed by atoms with E-state index in [1.807, 2.05) is 24.3 Å². The summed E-state index contributed by atoms with van der Waals surface area (Å²) in [5, 5.41) is 1.97. The summed E-state index contributed by atoms with van der Waals surface area (Å²) in [5.74, 6) is 0. The lowest BCUT2D eigenvalue weighted by molar-refractivity contribution is -0.138. The highest BCUT2D eigenvalue weighted by atomic mass is 19.4. The number of aromatic amines is 1. The molecule has 0 spiro atoms. The molecule has 3 nitrogen and oxygen atoms in total. The summed E-state index contributed by atoms with van der Waals surface area (Å²) >= 11 is 0. The molecule has 3 aromatic heterocycles. The summed E-state index contributed by atoms with van der Waals surface area (Å²) in [7, 11) is 0. The number of pyridine rings is 2. The Labute approximate surface area is 141 Å². The first-order valence-corrected chi connectivity index (χ1v) is 7.89. The van der Waals surface area contributed by atoms with Crippen molar-refractivity contribution in [1.82, 2.24) is 15.0 Å². The minimum Gasteiger partial charge on any atom is -0.354 e. The zero-order valence-electron chi connectivity index (χ0n) is 13.4. The number of rotatable bonds is 2. The van der Waals surface area contributed by atoms with Crippen LogP contribution in [0.4, 0.5) is 13.2 Å². The molecule has 0 unspecified atom stereocenters. The first-order chi connectivity index (χ1) is 12.0. The van der Waals surface area contributed by atoms with Gasteiger partial charge in [0.25, 0.3) is 0 Å². The van der Waals surface area contributed by atoms with Gasteiger partial charge in [0.05, 0.1) is 11.3 Å². The molecule has 0 radical (unpaired) electrons. The molecule has 4 rings (SSSR count). The van der Waals surface area contributed by atoms with E-state index >= 15 is 0 Å². The van der Waals surface area contributed by atoms with Gasteiger partial charge in [-0.2, -0.15) is 13.2 Å². The molecule has 25 heavy (non-hydrogen) atoms. The molecular weight excluding hydrogens is 327 g/mol. The van der Waals surface area contributed by atoms with Crippen LogP contribution in [-0.4, -0.2) is 15.0 Å². The Morgan fingerprint density at radius 3 is 2.56 bits per heavy atom. The predicted molar refractivity (Wildman–Crippen MR) is 91.2 cm³/mol. The number of aromatic nitrogens is 3. The summed E-state index contributed by atoms with van der Waals surface area (Å²) in [5.41, 5.74) is 2.32. The summed E-state index contributed by atoms with van der Waals surface area (Å²) < 4.78 is 39.8. The van der Waals surface area contributed by atoms with Crippen molar-refractivity contribution in [2.24, 2.45) is 0 Å². The van der Waals surface area contributed by atoms with Crippen LogP contribution in [0.1, 0.15) is 18.2 Å². The number of hydrogen-bond donors (Lipinski definition) is 1. The average Bonchev–Trinajstić information content (AvgIpc) is 2.98. The van der Waals surface area contributed by atoms with E-state index in [4.69, 9.17) is 0 Å². The Hall–Kier alpha value is -2.89. The molecule has 3 heterocycles. The van der Waals surface area contributed by atoms with Crippen LogP contribution in [-0.2, 0) is 12.6 Å². The van der Waals surface area contributed by atoms with Crippen molar-refractivity contribution in [2.45, 2.75) is 19.5 Å². The summed E-state index contributed by atoms with van der Waals surface area (Å²) in [6.07, 6.45) is 0.794. The fourth-order valence-corrected chi connectivity index (χ4v) is 3.10. The van der Waals surface area contributed by atoms with E-state index in [1.54, 1.807) is 19.3 Å². The van der Waals surface area contributed by atoms with Crippen LogP contribution in [0, 0.1) is 0 Å². The third kappa shape index (κ3) is 2.63. The maximum absolute atomic E-state index is 13.3. The second-order valence-electron chi connectivity index (χ2n) is 5.88.